The average molecular weight is 343 g/mol. The lowest BCUT2D eigenvalue weighted by atomic mass is 10.2. The second-order valence-electron chi connectivity index (χ2n) is 5.21. The molecule has 3 rings (SSSR count). The van der Waals surface area contributed by atoms with Crippen molar-refractivity contribution in [2.75, 3.05) is 0 Å². The van der Waals surface area contributed by atoms with Crippen LogP contribution in [0, 0.1) is 5.82 Å². The smallest absolute Gasteiger partial charge is 0.192 e. The molecule has 0 fully saturated rings. The maximum absolute atomic E-state index is 13.0. The fraction of sp³-hybridized carbons (Fsp3) is 0.235. The molecule has 0 spiro atoms. The van der Waals surface area contributed by atoms with Gasteiger partial charge in [-0.25, -0.2) is 4.39 Å². The van der Waals surface area contributed by atoms with Gasteiger partial charge in [-0.3, -0.25) is 9.25 Å². The van der Waals surface area contributed by atoms with Gasteiger partial charge in [-0.05, 0) is 24.6 Å². The highest BCUT2D eigenvalue weighted by molar-refractivity contribution is 7.98. The van der Waals surface area contributed by atoms with Crippen molar-refractivity contribution in [2.45, 2.75) is 30.9 Å². The Bertz CT molecular complexity index is 822. The van der Waals surface area contributed by atoms with Crippen molar-refractivity contribution in [3.05, 3.63) is 60.7 Å². The maximum Gasteiger partial charge on any atom is 0.192 e. The number of hydrogen-bond donors (Lipinski definition) is 0. The number of thioether (sulfide) groups is 1. The van der Waals surface area contributed by atoms with Gasteiger partial charge in [0.15, 0.2) is 11.0 Å². The summed E-state index contributed by atoms with van der Waals surface area (Å²) < 4.78 is 16.9. The third kappa shape index (κ3) is 3.56. The molecule has 24 heavy (non-hydrogen) atoms. The minimum atomic E-state index is -0.228. The lowest BCUT2D eigenvalue weighted by Gasteiger charge is -2.06. The van der Waals surface area contributed by atoms with Crippen LogP contribution in [0.4, 0.5) is 4.39 Å². The van der Waals surface area contributed by atoms with Gasteiger partial charge in [-0.2, -0.15) is 5.10 Å². The molecule has 124 valence electrons. The standard InChI is InChI=1S/C17H18FN5S/c1-3-9-23-16(14-10-19-22(4-2)11-14)20-21-17(23)24-12-13-5-7-15(18)8-6-13/h3,5-8,10-11H,1,4,9,12H2,2H3. The lowest BCUT2D eigenvalue weighted by molar-refractivity contribution is 0.627. The number of aryl methyl sites for hydroxylation is 1. The van der Waals surface area contributed by atoms with E-state index in [9.17, 15) is 4.39 Å². The second-order valence-corrected chi connectivity index (χ2v) is 6.15. The molecule has 2 heterocycles. The molecular formula is C17H18FN5S. The Morgan fingerprint density at radius 1 is 1.25 bits per heavy atom. The van der Waals surface area contributed by atoms with E-state index in [0.717, 1.165) is 28.7 Å². The first-order valence-electron chi connectivity index (χ1n) is 7.65. The first-order valence-corrected chi connectivity index (χ1v) is 8.64. The van der Waals surface area contributed by atoms with Gasteiger partial charge in [-0.15, -0.1) is 16.8 Å². The molecule has 0 saturated heterocycles. The molecule has 0 amide bonds. The summed E-state index contributed by atoms with van der Waals surface area (Å²) in [5.41, 5.74) is 1.97. The number of rotatable bonds is 7. The molecule has 2 aromatic heterocycles. The summed E-state index contributed by atoms with van der Waals surface area (Å²) in [6.07, 6.45) is 5.57. The van der Waals surface area contributed by atoms with E-state index in [1.807, 2.05) is 28.4 Å². The summed E-state index contributed by atoms with van der Waals surface area (Å²) in [6, 6.07) is 6.50. The summed E-state index contributed by atoms with van der Waals surface area (Å²) >= 11 is 1.57. The van der Waals surface area contributed by atoms with E-state index in [1.54, 1.807) is 30.1 Å². The van der Waals surface area contributed by atoms with Crippen molar-refractivity contribution in [1.29, 1.82) is 0 Å². The van der Waals surface area contributed by atoms with Crippen molar-refractivity contribution in [2.24, 2.45) is 0 Å². The molecule has 7 heteroatoms. The SMILES string of the molecule is C=CCn1c(SCc2ccc(F)cc2)nnc1-c1cnn(CC)c1. The molecule has 0 N–H and O–H groups in total. The van der Waals surface area contributed by atoms with Gasteiger partial charge in [0, 0.05) is 25.0 Å². The van der Waals surface area contributed by atoms with Crippen molar-refractivity contribution in [3.63, 3.8) is 0 Å². The van der Waals surface area contributed by atoms with E-state index < -0.39 is 0 Å². The quantitative estimate of drug-likeness (QED) is 0.484. The van der Waals surface area contributed by atoms with Gasteiger partial charge in [0.05, 0.1) is 11.8 Å². The summed E-state index contributed by atoms with van der Waals surface area (Å²) in [5.74, 6) is 1.24. The minimum absolute atomic E-state index is 0.228. The summed E-state index contributed by atoms with van der Waals surface area (Å²) in [7, 11) is 0. The van der Waals surface area contributed by atoms with E-state index in [-0.39, 0.29) is 5.82 Å². The van der Waals surface area contributed by atoms with Gasteiger partial charge in [-0.1, -0.05) is 30.0 Å². The summed E-state index contributed by atoms with van der Waals surface area (Å²) in [6.45, 7) is 7.27. The Labute approximate surface area is 144 Å². The van der Waals surface area contributed by atoms with E-state index in [0.29, 0.717) is 12.3 Å². The zero-order valence-corrected chi connectivity index (χ0v) is 14.2. The van der Waals surface area contributed by atoms with E-state index >= 15 is 0 Å². The Morgan fingerprint density at radius 3 is 2.71 bits per heavy atom. The van der Waals surface area contributed by atoms with Crippen LogP contribution in [0.2, 0.25) is 0 Å². The van der Waals surface area contributed by atoms with Crippen LogP contribution in [0.15, 0.2) is 54.5 Å². The van der Waals surface area contributed by atoms with Crippen molar-refractivity contribution in [3.8, 4) is 11.4 Å². The molecule has 3 aromatic rings. The number of benzene rings is 1. The van der Waals surface area contributed by atoms with E-state index in [4.69, 9.17) is 0 Å². The number of allylic oxidation sites excluding steroid dienone is 1. The normalized spacial score (nSPS) is 10.9. The highest BCUT2D eigenvalue weighted by Crippen LogP contribution is 2.26. The van der Waals surface area contributed by atoms with Crippen LogP contribution in [0.1, 0.15) is 12.5 Å². The molecular weight excluding hydrogens is 325 g/mol. The van der Waals surface area contributed by atoms with Gasteiger partial charge >= 0.3 is 0 Å². The monoisotopic (exact) mass is 343 g/mol. The molecule has 0 aliphatic rings. The molecule has 1 aromatic carbocycles. The molecule has 0 aliphatic heterocycles. The van der Waals surface area contributed by atoms with E-state index in [2.05, 4.69) is 21.9 Å². The topological polar surface area (TPSA) is 48.5 Å². The predicted octanol–water partition coefficient (Wildman–Crippen LogP) is 3.78. The minimum Gasteiger partial charge on any atom is -0.298 e. The van der Waals surface area contributed by atoms with Gasteiger partial charge < -0.3 is 0 Å². The zero-order valence-electron chi connectivity index (χ0n) is 13.4. The van der Waals surface area contributed by atoms with Crippen LogP contribution in [-0.2, 0) is 18.8 Å². The van der Waals surface area contributed by atoms with Crippen molar-refractivity contribution >= 4 is 11.8 Å². The van der Waals surface area contributed by atoms with Gasteiger partial charge in [0.25, 0.3) is 0 Å². The zero-order chi connectivity index (χ0) is 16.9. The van der Waals surface area contributed by atoms with Crippen molar-refractivity contribution in [1.82, 2.24) is 24.5 Å². The first kappa shape index (κ1) is 16.4. The third-order valence-corrected chi connectivity index (χ3v) is 4.56. The second kappa shape index (κ2) is 7.44. The van der Waals surface area contributed by atoms with Crippen LogP contribution in [0.5, 0.6) is 0 Å². The fourth-order valence-corrected chi connectivity index (χ4v) is 3.19. The largest absolute Gasteiger partial charge is 0.298 e. The third-order valence-electron chi connectivity index (χ3n) is 3.53. The highest BCUT2D eigenvalue weighted by atomic mass is 32.2. The Hall–Kier alpha value is -2.41. The van der Waals surface area contributed by atoms with Gasteiger partial charge in [0.1, 0.15) is 5.82 Å². The van der Waals surface area contributed by atoms with Crippen molar-refractivity contribution < 1.29 is 4.39 Å². The number of nitrogens with zero attached hydrogens (tertiary/aromatic N) is 5. The molecule has 0 atom stereocenters. The number of halogens is 1. The maximum atomic E-state index is 13.0. The molecule has 0 unspecified atom stereocenters. The van der Waals surface area contributed by atoms with Gasteiger partial charge in [0.2, 0.25) is 0 Å². The average Bonchev–Trinajstić information content (AvgIpc) is 3.21. The van der Waals surface area contributed by atoms with Crippen LogP contribution in [0.25, 0.3) is 11.4 Å². The summed E-state index contributed by atoms with van der Waals surface area (Å²) in [5, 5.41) is 13.7. The Balaban J connectivity index is 1.82. The van der Waals surface area contributed by atoms with Crippen LogP contribution in [0.3, 0.4) is 0 Å². The predicted molar refractivity (Wildman–Crippen MR) is 93.1 cm³/mol. The molecule has 5 nitrogen and oxygen atoms in total. The molecule has 0 saturated carbocycles. The first-order chi connectivity index (χ1) is 11.7. The molecule has 0 aliphatic carbocycles. The van der Waals surface area contributed by atoms with Crippen LogP contribution < -0.4 is 0 Å². The highest BCUT2D eigenvalue weighted by Gasteiger charge is 2.15. The number of aromatic nitrogens is 5. The van der Waals surface area contributed by atoms with E-state index in [1.165, 1.54) is 12.1 Å². The Morgan fingerprint density at radius 2 is 2.04 bits per heavy atom. The Kier molecular flexibility index (Phi) is 5.10. The lowest BCUT2D eigenvalue weighted by Crippen LogP contribution is -2.00. The molecule has 0 radical (unpaired) electrons. The molecule has 0 bridgehead atoms. The summed E-state index contributed by atoms with van der Waals surface area (Å²) in [4.78, 5) is 0. The van der Waals surface area contributed by atoms with Crippen LogP contribution in [-0.4, -0.2) is 24.5 Å². The van der Waals surface area contributed by atoms with Crippen LogP contribution >= 0.6 is 11.8 Å². The fourth-order valence-electron chi connectivity index (χ4n) is 2.28. The number of hydrogen-bond acceptors (Lipinski definition) is 4.